The molecule has 0 heterocycles. The summed E-state index contributed by atoms with van der Waals surface area (Å²) in [6, 6.07) is 22.5. The number of phenols is 5. The lowest BCUT2D eigenvalue weighted by molar-refractivity contribution is 0.371. The molecule has 0 saturated carbocycles. The number of aromatic hydroxyl groups is 5. The van der Waals surface area contributed by atoms with E-state index < -0.39 is 5.75 Å². The molecule has 0 aliphatic rings. The van der Waals surface area contributed by atoms with Gasteiger partial charge in [-0.1, -0.05) is 54.6 Å². The third-order valence-corrected chi connectivity index (χ3v) is 3.98. The van der Waals surface area contributed by atoms with E-state index in [4.69, 9.17) is 0 Å². The van der Waals surface area contributed by atoms with Gasteiger partial charge >= 0.3 is 0 Å². The van der Waals surface area contributed by atoms with Gasteiger partial charge in [0.05, 0.1) is 0 Å². The van der Waals surface area contributed by atoms with E-state index in [-0.39, 0.29) is 23.0 Å². The second-order valence-corrected chi connectivity index (χ2v) is 5.92. The molecule has 4 rings (SSSR count). The van der Waals surface area contributed by atoms with Gasteiger partial charge in [-0.05, 0) is 34.7 Å². The fourth-order valence-electron chi connectivity index (χ4n) is 2.70. The Morgan fingerprint density at radius 1 is 0.481 bits per heavy atom. The van der Waals surface area contributed by atoms with Crippen LogP contribution in [-0.2, 0) is 0 Å². The number of rotatable bonds is 1. The SMILES string of the molecule is Oc1cc(O)cc(-c2ccccc2)c1.Oc1cc2ccccc2c(O)c1O. The molecule has 5 nitrogen and oxygen atoms in total. The van der Waals surface area contributed by atoms with Gasteiger partial charge in [0.1, 0.15) is 11.5 Å². The van der Waals surface area contributed by atoms with Crippen LogP contribution in [0.2, 0.25) is 0 Å². The van der Waals surface area contributed by atoms with Gasteiger partial charge in [0.15, 0.2) is 11.5 Å². The number of benzene rings is 4. The summed E-state index contributed by atoms with van der Waals surface area (Å²) in [4.78, 5) is 0. The summed E-state index contributed by atoms with van der Waals surface area (Å²) >= 11 is 0. The summed E-state index contributed by atoms with van der Waals surface area (Å²) in [5.41, 5.74) is 1.78. The van der Waals surface area contributed by atoms with Crippen molar-refractivity contribution < 1.29 is 25.5 Å². The molecule has 0 saturated heterocycles. The van der Waals surface area contributed by atoms with E-state index in [0.717, 1.165) is 11.1 Å². The van der Waals surface area contributed by atoms with E-state index >= 15 is 0 Å². The summed E-state index contributed by atoms with van der Waals surface area (Å²) < 4.78 is 0. The molecule has 27 heavy (non-hydrogen) atoms. The minimum Gasteiger partial charge on any atom is -0.508 e. The first-order valence-electron chi connectivity index (χ1n) is 8.17. The molecule has 0 unspecified atom stereocenters. The summed E-state index contributed by atoms with van der Waals surface area (Å²) in [6.07, 6.45) is 0. The van der Waals surface area contributed by atoms with Gasteiger partial charge in [-0.2, -0.15) is 0 Å². The lowest BCUT2D eigenvalue weighted by Gasteiger charge is -2.04. The Hall–Kier alpha value is -3.86. The Kier molecular flexibility index (Phi) is 5.04. The molecule has 5 heteroatoms. The molecule has 0 aromatic heterocycles. The van der Waals surface area contributed by atoms with Gasteiger partial charge in [0.25, 0.3) is 0 Å². The van der Waals surface area contributed by atoms with E-state index in [2.05, 4.69) is 0 Å². The van der Waals surface area contributed by atoms with Crippen molar-refractivity contribution in [2.45, 2.75) is 0 Å². The molecular formula is C22H18O5. The minimum atomic E-state index is -0.473. The van der Waals surface area contributed by atoms with E-state index in [1.54, 1.807) is 36.4 Å². The zero-order chi connectivity index (χ0) is 19.4. The average molecular weight is 362 g/mol. The van der Waals surface area contributed by atoms with E-state index in [0.29, 0.717) is 10.8 Å². The van der Waals surface area contributed by atoms with Crippen LogP contribution in [-0.4, -0.2) is 25.5 Å². The summed E-state index contributed by atoms with van der Waals surface area (Å²) in [7, 11) is 0. The summed E-state index contributed by atoms with van der Waals surface area (Å²) in [5, 5.41) is 47.6. The Morgan fingerprint density at radius 3 is 1.74 bits per heavy atom. The van der Waals surface area contributed by atoms with Crippen LogP contribution >= 0.6 is 0 Å². The maximum atomic E-state index is 9.43. The molecule has 0 amide bonds. The zero-order valence-corrected chi connectivity index (χ0v) is 14.2. The molecule has 5 N–H and O–H groups in total. The van der Waals surface area contributed by atoms with Crippen molar-refractivity contribution in [1.82, 2.24) is 0 Å². The smallest absolute Gasteiger partial charge is 0.200 e. The summed E-state index contributed by atoms with van der Waals surface area (Å²) in [6.45, 7) is 0. The van der Waals surface area contributed by atoms with Crippen LogP contribution in [0.5, 0.6) is 28.7 Å². The molecule has 4 aromatic rings. The van der Waals surface area contributed by atoms with Crippen LogP contribution in [0.4, 0.5) is 0 Å². The Morgan fingerprint density at radius 2 is 1.07 bits per heavy atom. The molecule has 0 fully saturated rings. The average Bonchev–Trinajstić information content (AvgIpc) is 2.67. The Bertz CT molecular complexity index is 1050. The second kappa shape index (κ2) is 7.58. The van der Waals surface area contributed by atoms with Crippen LogP contribution in [0, 0.1) is 0 Å². The highest BCUT2D eigenvalue weighted by atomic mass is 16.3. The normalized spacial score (nSPS) is 10.2. The Labute approximate surface area is 155 Å². The highest BCUT2D eigenvalue weighted by molar-refractivity contribution is 5.92. The predicted octanol–water partition coefficient (Wildman–Crippen LogP) is 4.72. The van der Waals surface area contributed by atoms with Gasteiger partial charge in [0.2, 0.25) is 5.75 Å². The van der Waals surface area contributed by atoms with E-state index in [1.807, 2.05) is 30.3 Å². The topological polar surface area (TPSA) is 101 Å². The molecule has 0 aliphatic carbocycles. The molecule has 4 aromatic carbocycles. The Balaban J connectivity index is 0.000000156. The van der Waals surface area contributed by atoms with Gasteiger partial charge in [-0.15, -0.1) is 0 Å². The van der Waals surface area contributed by atoms with Crippen molar-refractivity contribution in [3.63, 3.8) is 0 Å². The number of hydrogen-bond donors (Lipinski definition) is 5. The molecule has 136 valence electrons. The number of phenolic OH excluding ortho intramolecular Hbond substituents is 5. The van der Waals surface area contributed by atoms with Crippen LogP contribution in [0.3, 0.4) is 0 Å². The lowest BCUT2D eigenvalue weighted by Crippen LogP contribution is -1.76. The van der Waals surface area contributed by atoms with E-state index in [1.165, 1.54) is 12.1 Å². The van der Waals surface area contributed by atoms with Crippen LogP contribution in [0.15, 0.2) is 78.9 Å². The molecule has 0 spiro atoms. The number of hydrogen-bond acceptors (Lipinski definition) is 5. The van der Waals surface area contributed by atoms with Crippen molar-refractivity contribution in [1.29, 1.82) is 0 Å². The summed E-state index contributed by atoms with van der Waals surface area (Å²) in [5.74, 6) is -0.918. The minimum absolute atomic E-state index is 0.0730. The van der Waals surface area contributed by atoms with Gasteiger partial charge in [-0.3, -0.25) is 0 Å². The van der Waals surface area contributed by atoms with Gasteiger partial charge < -0.3 is 25.5 Å². The van der Waals surface area contributed by atoms with Crippen molar-refractivity contribution >= 4 is 10.8 Å². The number of fused-ring (bicyclic) bond motifs is 1. The molecule has 0 atom stereocenters. The molecular weight excluding hydrogens is 344 g/mol. The maximum absolute atomic E-state index is 9.43. The predicted molar refractivity (Wildman–Crippen MR) is 104 cm³/mol. The molecule has 0 radical (unpaired) electrons. The largest absolute Gasteiger partial charge is 0.508 e. The van der Waals surface area contributed by atoms with Crippen molar-refractivity contribution in [2.75, 3.05) is 0 Å². The van der Waals surface area contributed by atoms with Crippen molar-refractivity contribution in [3.05, 3.63) is 78.9 Å². The highest BCUT2D eigenvalue weighted by Gasteiger charge is 2.09. The standard InChI is InChI=1S/C12H10O2.C10H8O3/c13-11-6-10(7-12(14)8-11)9-4-2-1-3-5-9;11-8-5-6-3-1-2-4-7(6)9(12)10(8)13/h1-8,13-14H;1-5,11-13H. The van der Waals surface area contributed by atoms with Crippen LogP contribution in [0.1, 0.15) is 0 Å². The van der Waals surface area contributed by atoms with Crippen molar-refractivity contribution in [2.24, 2.45) is 0 Å². The molecule has 0 aliphatic heterocycles. The first kappa shape index (κ1) is 17.9. The van der Waals surface area contributed by atoms with Crippen molar-refractivity contribution in [3.8, 4) is 39.9 Å². The highest BCUT2D eigenvalue weighted by Crippen LogP contribution is 2.40. The fourth-order valence-corrected chi connectivity index (χ4v) is 2.70. The van der Waals surface area contributed by atoms with E-state index in [9.17, 15) is 25.5 Å². The van der Waals surface area contributed by atoms with Gasteiger partial charge in [0, 0.05) is 11.5 Å². The first-order chi connectivity index (χ1) is 13.0. The monoisotopic (exact) mass is 362 g/mol. The van der Waals surface area contributed by atoms with Crippen LogP contribution < -0.4 is 0 Å². The second-order valence-electron chi connectivity index (χ2n) is 5.92. The van der Waals surface area contributed by atoms with Gasteiger partial charge in [-0.25, -0.2) is 0 Å². The van der Waals surface area contributed by atoms with Crippen LogP contribution in [0.25, 0.3) is 21.9 Å². The quantitative estimate of drug-likeness (QED) is 0.315. The third kappa shape index (κ3) is 4.04. The first-order valence-corrected chi connectivity index (χ1v) is 8.17. The third-order valence-electron chi connectivity index (χ3n) is 3.98. The lowest BCUT2D eigenvalue weighted by atomic mass is 10.1. The maximum Gasteiger partial charge on any atom is 0.200 e. The molecule has 0 bridgehead atoms. The fraction of sp³-hybridized carbons (Fsp3) is 0. The zero-order valence-electron chi connectivity index (χ0n) is 14.2.